The first-order chi connectivity index (χ1) is 16.7. The second-order valence-corrected chi connectivity index (χ2v) is 9.94. The lowest BCUT2D eigenvalue weighted by atomic mass is 10.0. The summed E-state index contributed by atoms with van der Waals surface area (Å²) in [5.41, 5.74) is 0. The minimum atomic E-state index is -0.352. The van der Waals surface area contributed by atoms with E-state index in [-0.39, 0.29) is 18.8 Å². The molecule has 4 heteroatoms. The molecule has 0 aliphatic carbocycles. The average Bonchev–Trinajstić information content (AvgIpc) is 2.82. The van der Waals surface area contributed by atoms with Gasteiger partial charge in [0.15, 0.2) is 0 Å². The third-order valence-electron chi connectivity index (χ3n) is 6.13. The molecule has 0 spiro atoms. The van der Waals surface area contributed by atoms with Crippen molar-refractivity contribution in [1.82, 2.24) is 0 Å². The van der Waals surface area contributed by atoms with E-state index >= 15 is 0 Å². The molecule has 198 valence electrons. The van der Waals surface area contributed by atoms with E-state index in [2.05, 4.69) is 6.92 Å². The summed E-state index contributed by atoms with van der Waals surface area (Å²) < 4.78 is 17.3. The highest BCUT2D eigenvalue weighted by Gasteiger charge is 2.10. The second kappa shape index (κ2) is 22.2. The summed E-state index contributed by atoms with van der Waals surface area (Å²) in [6.07, 6.45) is 21.7. The zero-order chi connectivity index (χ0) is 24.7. The van der Waals surface area contributed by atoms with Gasteiger partial charge in [0, 0.05) is 12.7 Å². The van der Waals surface area contributed by atoms with Crippen molar-refractivity contribution in [2.24, 2.45) is 0 Å². The predicted octanol–water partition coefficient (Wildman–Crippen LogP) is 8.49. The van der Waals surface area contributed by atoms with Crippen LogP contribution in [0, 0.1) is 0 Å². The van der Waals surface area contributed by atoms with E-state index in [1.165, 1.54) is 96.3 Å². The lowest BCUT2D eigenvalue weighted by Gasteiger charge is -2.18. The minimum Gasteiger partial charge on any atom is -0.491 e. The Morgan fingerprint density at radius 3 is 1.62 bits per heavy atom. The molecular weight excluding hydrogens is 424 g/mol. The maximum atomic E-state index is 9.61. The molecule has 0 amide bonds. The van der Waals surface area contributed by atoms with E-state index in [4.69, 9.17) is 14.2 Å². The van der Waals surface area contributed by atoms with Crippen molar-refractivity contribution in [2.45, 2.75) is 136 Å². The molecule has 1 rings (SSSR count). The average molecular weight is 479 g/mol. The maximum Gasteiger partial charge on any atom is 0.145 e. The highest BCUT2D eigenvalue weighted by atomic mass is 16.5. The summed E-state index contributed by atoms with van der Waals surface area (Å²) in [5.74, 6) is 1.47. The number of aliphatic hydroxyl groups is 1. The van der Waals surface area contributed by atoms with Gasteiger partial charge in [0.05, 0.1) is 19.3 Å². The molecule has 34 heavy (non-hydrogen) atoms. The van der Waals surface area contributed by atoms with Gasteiger partial charge in [-0.25, -0.2) is 0 Å². The molecule has 0 saturated carbocycles. The van der Waals surface area contributed by atoms with Crippen LogP contribution in [0.1, 0.15) is 124 Å². The Labute approximate surface area is 210 Å². The summed E-state index contributed by atoms with van der Waals surface area (Å²) in [6, 6.07) is 7.55. The van der Waals surface area contributed by atoms with E-state index in [9.17, 15) is 5.11 Å². The highest BCUT2D eigenvalue weighted by molar-refractivity contribution is 5.33. The molecule has 0 aromatic heterocycles. The number of benzene rings is 1. The van der Waals surface area contributed by atoms with Crippen LogP contribution in [0.4, 0.5) is 0 Å². The summed E-state index contributed by atoms with van der Waals surface area (Å²) >= 11 is 0. The van der Waals surface area contributed by atoms with Crippen LogP contribution in [0.25, 0.3) is 0 Å². The quantitative estimate of drug-likeness (QED) is 0.151. The summed E-state index contributed by atoms with van der Waals surface area (Å²) in [5, 5.41) is 9.61. The molecule has 0 saturated heterocycles. The molecule has 1 aromatic carbocycles. The van der Waals surface area contributed by atoms with Gasteiger partial charge >= 0.3 is 0 Å². The molecular formula is C30H54O4. The first-order valence-corrected chi connectivity index (χ1v) is 14.3. The molecule has 0 aliphatic rings. The summed E-state index contributed by atoms with van der Waals surface area (Å²) in [6.45, 7) is 7.35. The van der Waals surface area contributed by atoms with Gasteiger partial charge in [-0.05, 0) is 32.4 Å². The van der Waals surface area contributed by atoms with Crippen LogP contribution in [0.5, 0.6) is 11.5 Å². The fourth-order valence-corrected chi connectivity index (χ4v) is 4.18. The normalized spacial score (nSPS) is 12.3. The van der Waals surface area contributed by atoms with Gasteiger partial charge in [-0.3, -0.25) is 0 Å². The van der Waals surface area contributed by atoms with Crippen LogP contribution in [0.3, 0.4) is 0 Å². The van der Waals surface area contributed by atoms with Gasteiger partial charge in [-0.1, -0.05) is 109 Å². The second-order valence-electron chi connectivity index (χ2n) is 9.94. The van der Waals surface area contributed by atoms with Crippen LogP contribution < -0.4 is 9.47 Å². The van der Waals surface area contributed by atoms with Crippen LogP contribution in [-0.4, -0.2) is 37.1 Å². The number of aliphatic hydroxyl groups excluding tert-OH is 1. The van der Waals surface area contributed by atoms with E-state index in [1.807, 2.05) is 38.1 Å². The molecule has 0 radical (unpaired) electrons. The van der Waals surface area contributed by atoms with Gasteiger partial charge < -0.3 is 19.3 Å². The Hall–Kier alpha value is -1.26. The van der Waals surface area contributed by atoms with Gasteiger partial charge in [0.2, 0.25) is 0 Å². The van der Waals surface area contributed by atoms with Gasteiger partial charge in [0.25, 0.3) is 0 Å². The Bertz CT molecular complexity index is 560. The number of unbranched alkanes of at least 4 members (excludes halogenated alkanes) is 15. The van der Waals surface area contributed by atoms with E-state index < -0.39 is 0 Å². The van der Waals surface area contributed by atoms with Gasteiger partial charge in [-0.2, -0.15) is 0 Å². The molecule has 0 heterocycles. The number of rotatable bonds is 24. The summed E-state index contributed by atoms with van der Waals surface area (Å²) in [7, 11) is 0. The Balaban J connectivity index is 1.91. The molecule has 1 N–H and O–H groups in total. The first kappa shape index (κ1) is 30.8. The zero-order valence-electron chi connectivity index (χ0n) is 22.6. The monoisotopic (exact) mass is 478 g/mol. The van der Waals surface area contributed by atoms with Crippen LogP contribution >= 0.6 is 0 Å². The number of hydrogen-bond donors (Lipinski definition) is 1. The van der Waals surface area contributed by atoms with Crippen LogP contribution in [-0.2, 0) is 4.74 Å². The fourth-order valence-electron chi connectivity index (χ4n) is 4.18. The van der Waals surface area contributed by atoms with Gasteiger partial charge in [-0.15, -0.1) is 0 Å². The first-order valence-electron chi connectivity index (χ1n) is 14.3. The van der Waals surface area contributed by atoms with Crippen LogP contribution in [0.2, 0.25) is 0 Å². The largest absolute Gasteiger partial charge is 0.491 e. The SMILES string of the molecule is CCCCCCCCCCCCCCCCCCOC[C@H](CO)Oc1cccc(OC(C)C)c1. The van der Waals surface area contributed by atoms with E-state index in [0.29, 0.717) is 12.4 Å². The van der Waals surface area contributed by atoms with Crippen molar-refractivity contribution in [3.8, 4) is 11.5 Å². The lowest BCUT2D eigenvalue weighted by Crippen LogP contribution is -2.27. The molecule has 0 unspecified atom stereocenters. The zero-order valence-corrected chi connectivity index (χ0v) is 22.6. The smallest absolute Gasteiger partial charge is 0.145 e. The maximum absolute atomic E-state index is 9.61. The molecule has 0 aliphatic heterocycles. The van der Waals surface area contributed by atoms with E-state index in [0.717, 1.165) is 18.8 Å². The van der Waals surface area contributed by atoms with Crippen molar-refractivity contribution in [2.75, 3.05) is 19.8 Å². The van der Waals surface area contributed by atoms with Crippen molar-refractivity contribution >= 4 is 0 Å². The minimum absolute atomic E-state index is 0.0613. The Morgan fingerprint density at radius 2 is 1.15 bits per heavy atom. The topological polar surface area (TPSA) is 47.9 Å². The molecule has 1 aromatic rings. The number of ether oxygens (including phenoxy) is 3. The molecule has 0 bridgehead atoms. The molecule has 4 nitrogen and oxygen atoms in total. The van der Waals surface area contributed by atoms with Gasteiger partial charge in [0.1, 0.15) is 17.6 Å². The van der Waals surface area contributed by atoms with Crippen molar-refractivity contribution in [3.63, 3.8) is 0 Å². The number of hydrogen-bond acceptors (Lipinski definition) is 4. The Morgan fingerprint density at radius 1 is 0.676 bits per heavy atom. The van der Waals surface area contributed by atoms with E-state index in [1.54, 1.807) is 0 Å². The lowest BCUT2D eigenvalue weighted by molar-refractivity contribution is 0.0187. The Kier molecular flexibility index (Phi) is 20.1. The van der Waals surface area contributed by atoms with Crippen LogP contribution in [0.15, 0.2) is 24.3 Å². The summed E-state index contributed by atoms with van der Waals surface area (Å²) in [4.78, 5) is 0. The third-order valence-corrected chi connectivity index (χ3v) is 6.13. The highest BCUT2D eigenvalue weighted by Crippen LogP contribution is 2.21. The third kappa shape index (κ3) is 18.1. The molecule has 0 fully saturated rings. The van der Waals surface area contributed by atoms with Crippen molar-refractivity contribution in [1.29, 1.82) is 0 Å². The van der Waals surface area contributed by atoms with Crippen molar-refractivity contribution < 1.29 is 19.3 Å². The predicted molar refractivity (Wildman–Crippen MR) is 144 cm³/mol. The fraction of sp³-hybridized carbons (Fsp3) is 0.800. The molecule has 1 atom stereocenters. The standard InChI is InChI=1S/C30H54O4/c1-4-5-6-7-8-9-10-11-12-13-14-15-16-17-18-19-23-32-26-30(25-31)34-29-22-20-21-28(24-29)33-27(2)3/h20-22,24,27,30-31H,4-19,23,25-26H2,1-3H3/t30-/m0/s1. The van der Waals surface area contributed by atoms with Crippen molar-refractivity contribution in [3.05, 3.63) is 24.3 Å².